The Morgan fingerprint density at radius 3 is 2.40 bits per heavy atom. The number of rotatable bonds is 5. The number of carbonyl (C=O) groups excluding carboxylic acids is 2. The summed E-state index contributed by atoms with van der Waals surface area (Å²) in [5, 5.41) is 2.60. The first kappa shape index (κ1) is 13.7. The van der Waals surface area contributed by atoms with E-state index >= 15 is 0 Å². The largest absolute Gasteiger partial charge is 0.463 e. The zero-order valence-electron chi connectivity index (χ0n) is 9.79. The number of esters is 1. The molecular formula is C11H19NO3. The van der Waals surface area contributed by atoms with Crippen LogP contribution in [0.2, 0.25) is 0 Å². The first-order chi connectivity index (χ1) is 6.91. The molecule has 1 N–H and O–H groups in total. The van der Waals surface area contributed by atoms with E-state index in [1.807, 2.05) is 13.8 Å². The number of hydrogen-bond acceptors (Lipinski definition) is 3. The van der Waals surface area contributed by atoms with Gasteiger partial charge in [-0.05, 0) is 27.7 Å². The molecule has 0 aromatic heterocycles. The molecule has 15 heavy (non-hydrogen) atoms. The van der Waals surface area contributed by atoms with Crippen molar-refractivity contribution in [3.8, 4) is 0 Å². The number of allylic oxidation sites excluding steroid dienone is 1. The SMILES string of the molecule is CC(C)=CC(=O)NCCC(=O)OC(C)C. The van der Waals surface area contributed by atoms with Crippen molar-refractivity contribution in [2.75, 3.05) is 6.54 Å². The predicted octanol–water partition coefficient (Wildman–Crippen LogP) is 1.41. The minimum Gasteiger partial charge on any atom is -0.463 e. The fourth-order valence-electron chi connectivity index (χ4n) is 0.923. The van der Waals surface area contributed by atoms with E-state index in [9.17, 15) is 9.59 Å². The van der Waals surface area contributed by atoms with Crippen LogP contribution in [0.25, 0.3) is 0 Å². The van der Waals surface area contributed by atoms with E-state index in [0.29, 0.717) is 6.54 Å². The van der Waals surface area contributed by atoms with Gasteiger partial charge in [0.2, 0.25) is 5.91 Å². The van der Waals surface area contributed by atoms with Gasteiger partial charge in [0.1, 0.15) is 0 Å². The van der Waals surface area contributed by atoms with E-state index in [0.717, 1.165) is 5.57 Å². The molecule has 0 radical (unpaired) electrons. The highest BCUT2D eigenvalue weighted by atomic mass is 16.5. The van der Waals surface area contributed by atoms with Crippen LogP contribution in [0.15, 0.2) is 11.6 Å². The van der Waals surface area contributed by atoms with Crippen molar-refractivity contribution in [3.05, 3.63) is 11.6 Å². The predicted molar refractivity (Wildman–Crippen MR) is 58.3 cm³/mol. The highest BCUT2D eigenvalue weighted by molar-refractivity contribution is 5.88. The van der Waals surface area contributed by atoms with E-state index in [2.05, 4.69) is 5.32 Å². The average Bonchev–Trinajstić information content (AvgIpc) is 2.00. The number of hydrogen-bond donors (Lipinski definition) is 1. The van der Waals surface area contributed by atoms with Crippen LogP contribution in [-0.2, 0) is 14.3 Å². The standard InChI is InChI=1S/C11H19NO3/c1-8(2)7-10(13)12-6-5-11(14)15-9(3)4/h7,9H,5-6H2,1-4H3,(H,12,13). The van der Waals surface area contributed by atoms with Crippen LogP contribution >= 0.6 is 0 Å². The number of amides is 1. The van der Waals surface area contributed by atoms with Gasteiger partial charge in [-0.1, -0.05) is 5.57 Å². The van der Waals surface area contributed by atoms with E-state index in [4.69, 9.17) is 4.74 Å². The van der Waals surface area contributed by atoms with Crippen molar-refractivity contribution in [1.82, 2.24) is 5.32 Å². The van der Waals surface area contributed by atoms with Gasteiger partial charge in [-0.2, -0.15) is 0 Å². The Bertz CT molecular complexity index is 253. The highest BCUT2D eigenvalue weighted by Gasteiger charge is 2.05. The van der Waals surface area contributed by atoms with Crippen LogP contribution in [0.5, 0.6) is 0 Å². The van der Waals surface area contributed by atoms with Crippen molar-refractivity contribution in [1.29, 1.82) is 0 Å². The zero-order valence-corrected chi connectivity index (χ0v) is 9.79. The van der Waals surface area contributed by atoms with Gasteiger partial charge in [0.05, 0.1) is 12.5 Å². The van der Waals surface area contributed by atoms with Crippen molar-refractivity contribution >= 4 is 11.9 Å². The lowest BCUT2D eigenvalue weighted by Gasteiger charge is -2.07. The lowest BCUT2D eigenvalue weighted by atomic mass is 10.3. The minimum atomic E-state index is -0.289. The first-order valence-electron chi connectivity index (χ1n) is 5.04. The Morgan fingerprint density at radius 2 is 1.93 bits per heavy atom. The molecule has 0 aliphatic carbocycles. The molecule has 0 spiro atoms. The minimum absolute atomic E-state index is 0.106. The number of nitrogens with one attached hydrogen (secondary N) is 1. The average molecular weight is 213 g/mol. The Balaban J connectivity index is 3.66. The molecule has 0 saturated heterocycles. The van der Waals surface area contributed by atoms with Gasteiger partial charge in [-0.25, -0.2) is 0 Å². The fraction of sp³-hybridized carbons (Fsp3) is 0.636. The normalized spacial score (nSPS) is 9.67. The zero-order chi connectivity index (χ0) is 11.8. The summed E-state index contributed by atoms with van der Waals surface area (Å²) in [6.07, 6.45) is 1.60. The summed E-state index contributed by atoms with van der Waals surface area (Å²) >= 11 is 0. The van der Waals surface area contributed by atoms with Crippen LogP contribution in [0.1, 0.15) is 34.1 Å². The lowest BCUT2D eigenvalue weighted by Crippen LogP contribution is -2.25. The van der Waals surface area contributed by atoms with Crippen LogP contribution in [0.3, 0.4) is 0 Å². The van der Waals surface area contributed by atoms with Crippen LogP contribution in [0, 0.1) is 0 Å². The molecule has 0 aliphatic rings. The van der Waals surface area contributed by atoms with E-state index in [1.165, 1.54) is 6.08 Å². The van der Waals surface area contributed by atoms with E-state index in [-0.39, 0.29) is 24.4 Å². The van der Waals surface area contributed by atoms with E-state index < -0.39 is 0 Å². The van der Waals surface area contributed by atoms with Crippen molar-refractivity contribution in [3.63, 3.8) is 0 Å². The Kier molecular flexibility index (Phi) is 6.42. The first-order valence-corrected chi connectivity index (χ1v) is 5.04. The van der Waals surface area contributed by atoms with Crippen molar-refractivity contribution in [2.24, 2.45) is 0 Å². The van der Waals surface area contributed by atoms with E-state index in [1.54, 1.807) is 13.8 Å². The van der Waals surface area contributed by atoms with Gasteiger partial charge in [0.15, 0.2) is 0 Å². The lowest BCUT2D eigenvalue weighted by molar-refractivity contribution is -0.147. The molecule has 1 amide bonds. The summed E-state index contributed by atoms with van der Waals surface area (Å²) in [6, 6.07) is 0. The molecule has 0 heterocycles. The molecule has 0 aromatic carbocycles. The van der Waals surface area contributed by atoms with Crippen LogP contribution in [0.4, 0.5) is 0 Å². The molecular weight excluding hydrogens is 194 g/mol. The second-order valence-corrected chi connectivity index (χ2v) is 3.80. The second-order valence-electron chi connectivity index (χ2n) is 3.80. The van der Waals surface area contributed by atoms with Gasteiger partial charge in [-0.3, -0.25) is 9.59 Å². The van der Waals surface area contributed by atoms with Crippen molar-refractivity contribution < 1.29 is 14.3 Å². The molecule has 4 heteroatoms. The molecule has 4 nitrogen and oxygen atoms in total. The maximum atomic E-state index is 11.1. The molecule has 0 rings (SSSR count). The molecule has 0 fully saturated rings. The van der Waals surface area contributed by atoms with Gasteiger partial charge in [0.25, 0.3) is 0 Å². The molecule has 86 valence electrons. The monoisotopic (exact) mass is 213 g/mol. The van der Waals surface area contributed by atoms with Gasteiger partial charge in [-0.15, -0.1) is 0 Å². The maximum absolute atomic E-state index is 11.1. The summed E-state index contributed by atoms with van der Waals surface area (Å²) in [4.78, 5) is 22.2. The molecule has 0 bridgehead atoms. The van der Waals surface area contributed by atoms with Crippen LogP contribution in [-0.4, -0.2) is 24.5 Å². The third kappa shape index (κ3) is 9.00. The summed E-state index contributed by atoms with van der Waals surface area (Å²) in [5.41, 5.74) is 0.928. The third-order valence-corrected chi connectivity index (χ3v) is 1.42. The number of carbonyl (C=O) groups is 2. The summed E-state index contributed by atoms with van der Waals surface area (Å²) in [6.45, 7) is 7.58. The summed E-state index contributed by atoms with van der Waals surface area (Å²) in [7, 11) is 0. The smallest absolute Gasteiger partial charge is 0.307 e. The quantitative estimate of drug-likeness (QED) is 0.555. The highest BCUT2D eigenvalue weighted by Crippen LogP contribution is 1.92. The van der Waals surface area contributed by atoms with Gasteiger partial charge >= 0.3 is 5.97 Å². The van der Waals surface area contributed by atoms with Crippen LogP contribution < -0.4 is 5.32 Å². The second kappa shape index (κ2) is 7.04. The molecule has 0 unspecified atom stereocenters. The van der Waals surface area contributed by atoms with Gasteiger partial charge < -0.3 is 10.1 Å². The third-order valence-electron chi connectivity index (χ3n) is 1.42. The fourth-order valence-corrected chi connectivity index (χ4v) is 0.923. The molecule has 0 atom stereocenters. The Labute approximate surface area is 90.7 Å². The van der Waals surface area contributed by atoms with Crippen molar-refractivity contribution in [2.45, 2.75) is 40.2 Å². The molecule has 0 aromatic rings. The Hall–Kier alpha value is -1.32. The molecule has 0 aliphatic heterocycles. The van der Waals surface area contributed by atoms with Gasteiger partial charge in [0, 0.05) is 12.6 Å². The number of ether oxygens (including phenoxy) is 1. The topological polar surface area (TPSA) is 55.4 Å². The summed E-state index contributed by atoms with van der Waals surface area (Å²) < 4.78 is 4.91. The Morgan fingerprint density at radius 1 is 1.33 bits per heavy atom. The maximum Gasteiger partial charge on any atom is 0.307 e. The molecule has 0 saturated carbocycles. The summed E-state index contributed by atoms with van der Waals surface area (Å²) in [5.74, 6) is -0.463.